The molecule has 1 atom stereocenters. The van der Waals surface area contributed by atoms with E-state index in [4.69, 9.17) is 16.9 Å². The minimum absolute atomic E-state index is 0.0831. The largest absolute Gasteiger partial charge is 0.398 e. The Balaban J connectivity index is 2.35. The van der Waals surface area contributed by atoms with Crippen molar-refractivity contribution in [1.82, 2.24) is 0 Å². The Bertz CT molecular complexity index is 362. The summed E-state index contributed by atoms with van der Waals surface area (Å²) in [6.07, 6.45) is 0.794. The molecule has 1 aromatic rings. The third kappa shape index (κ3) is 1.37. The van der Waals surface area contributed by atoms with Gasteiger partial charge in [0.1, 0.15) is 5.84 Å². The van der Waals surface area contributed by atoms with Crippen LogP contribution >= 0.6 is 11.8 Å². The molecule has 0 saturated carbocycles. The summed E-state index contributed by atoms with van der Waals surface area (Å²) in [6, 6.07) is 5.85. The summed E-state index contributed by atoms with van der Waals surface area (Å²) in [5.41, 5.74) is 13.2. The van der Waals surface area contributed by atoms with Gasteiger partial charge in [-0.25, -0.2) is 0 Å². The van der Waals surface area contributed by atoms with Crippen molar-refractivity contribution in [3.63, 3.8) is 0 Å². The smallest absolute Gasteiger partial charge is 0.105 e. The molecular weight excluding hydrogens is 182 g/mol. The molecule has 5 N–H and O–H groups in total. The summed E-state index contributed by atoms with van der Waals surface area (Å²) in [4.78, 5) is 1.17. The lowest BCUT2D eigenvalue weighted by Gasteiger charge is -2.03. The van der Waals surface area contributed by atoms with Gasteiger partial charge in [-0.05, 0) is 24.1 Å². The molecule has 1 heterocycles. The lowest BCUT2D eigenvalue weighted by Crippen LogP contribution is -2.24. The van der Waals surface area contributed by atoms with Gasteiger partial charge in [-0.3, -0.25) is 5.41 Å². The van der Waals surface area contributed by atoms with Crippen molar-refractivity contribution in [2.75, 3.05) is 5.73 Å². The molecule has 0 bridgehead atoms. The summed E-state index contributed by atoms with van der Waals surface area (Å²) in [5.74, 6) is 0.237. The highest BCUT2D eigenvalue weighted by molar-refractivity contribution is 8.01. The van der Waals surface area contributed by atoms with E-state index in [-0.39, 0.29) is 11.1 Å². The first-order chi connectivity index (χ1) is 6.18. The molecule has 3 nitrogen and oxygen atoms in total. The van der Waals surface area contributed by atoms with Crippen LogP contribution in [0.15, 0.2) is 23.1 Å². The van der Waals surface area contributed by atoms with Gasteiger partial charge in [0.05, 0.1) is 5.25 Å². The Hall–Kier alpha value is -1.16. The van der Waals surface area contributed by atoms with Crippen molar-refractivity contribution in [2.45, 2.75) is 16.6 Å². The molecule has 0 fully saturated rings. The van der Waals surface area contributed by atoms with Gasteiger partial charge in [0.25, 0.3) is 0 Å². The average Bonchev–Trinajstić information content (AvgIpc) is 2.49. The summed E-state index contributed by atoms with van der Waals surface area (Å²) >= 11 is 1.63. The van der Waals surface area contributed by atoms with Crippen LogP contribution in [0.5, 0.6) is 0 Å². The lowest BCUT2D eigenvalue weighted by molar-refractivity contribution is 1.05. The van der Waals surface area contributed by atoms with Gasteiger partial charge < -0.3 is 11.5 Å². The van der Waals surface area contributed by atoms with E-state index in [2.05, 4.69) is 0 Å². The third-order valence-corrected chi connectivity index (χ3v) is 3.52. The van der Waals surface area contributed by atoms with E-state index in [9.17, 15) is 0 Å². The highest BCUT2D eigenvalue weighted by Crippen LogP contribution is 2.39. The monoisotopic (exact) mass is 193 g/mol. The fourth-order valence-corrected chi connectivity index (χ4v) is 2.65. The second-order valence-electron chi connectivity index (χ2n) is 3.09. The topological polar surface area (TPSA) is 75.9 Å². The second kappa shape index (κ2) is 2.96. The number of nitrogens with one attached hydrogen (secondary N) is 1. The van der Waals surface area contributed by atoms with E-state index in [1.165, 1.54) is 4.90 Å². The predicted octanol–water partition coefficient (Wildman–Crippen LogP) is 1.22. The molecule has 0 amide bonds. The minimum Gasteiger partial charge on any atom is -0.398 e. The molecule has 0 aliphatic carbocycles. The predicted molar refractivity (Wildman–Crippen MR) is 56.1 cm³/mol. The van der Waals surface area contributed by atoms with Gasteiger partial charge in [0.2, 0.25) is 0 Å². The van der Waals surface area contributed by atoms with Crippen LogP contribution in [0.25, 0.3) is 0 Å². The van der Waals surface area contributed by atoms with Gasteiger partial charge in [0.15, 0.2) is 0 Å². The summed E-state index contributed by atoms with van der Waals surface area (Å²) in [7, 11) is 0. The Labute approximate surface area is 81.0 Å². The zero-order chi connectivity index (χ0) is 9.42. The number of fused-ring (bicyclic) bond motifs is 1. The maximum Gasteiger partial charge on any atom is 0.105 e. The molecule has 2 rings (SSSR count). The summed E-state index contributed by atoms with van der Waals surface area (Å²) < 4.78 is 0. The molecule has 13 heavy (non-hydrogen) atoms. The number of amidine groups is 1. The van der Waals surface area contributed by atoms with E-state index >= 15 is 0 Å². The van der Waals surface area contributed by atoms with Crippen LogP contribution in [0.4, 0.5) is 5.69 Å². The Morgan fingerprint density at radius 1 is 1.54 bits per heavy atom. The standard InChI is InChI=1S/C9H11N3S/c10-6-2-1-3-7-5(6)4-8(13-7)9(11)12/h1-3,8H,4,10H2,(H3,11,12). The Morgan fingerprint density at radius 3 is 2.92 bits per heavy atom. The highest BCUT2D eigenvalue weighted by Gasteiger charge is 2.25. The number of nitrogens with two attached hydrogens (primary N) is 2. The average molecular weight is 193 g/mol. The first-order valence-corrected chi connectivity index (χ1v) is 4.94. The van der Waals surface area contributed by atoms with E-state index in [1.54, 1.807) is 11.8 Å². The van der Waals surface area contributed by atoms with Crippen molar-refractivity contribution in [2.24, 2.45) is 5.73 Å². The number of rotatable bonds is 1. The molecule has 1 aliphatic heterocycles. The van der Waals surface area contributed by atoms with Crippen molar-refractivity contribution < 1.29 is 0 Å². The molecule has 0 spiro atoms. The zero-order valence-electron chi connectivity index (χ0n) is 7.08. The van der Waals surface area contributed by atoms with Gasteiger partial charge >= 0.3 is 0 Å². The van der Waals surface area contributed by atoms with Crippen molar-refractivity contribution in [1.29, 1.82) is 5.41 Å². The SMILES string of the molecule is N=C(N)C1Cc2c(N)cccc2S1. The number of anilines is 1. The van der Waals surface area contributed by atoms with Gasteiger partial charge in [-0.15, -0.1) is 11.8 Å². The van der Waals surface area contributed by atoms with Crippen LogP contribution in [0.2, 0.25) is 0 Å². The molecule has 1 unspecified atom stereocenters. The lowest BCUT2D eigenvalue weighted by atomic mass is 10.1. The van der Waals surface area contributed by atoms with Crippen LogP contribution in [-0.4, -0.2) is 11.1 Å². The quantitative estimate of drug-likeness (QED) is 0.356. The van der Waals surface area contributed by atoms with E-state index < -0.39 is 0 Å². The Kier molecular flexibility index (Phi) is 1.92. The number of hydrogen-bond donors (Lipinski definition) is 3. The van der Waals surface area contributed by atoms with Gasteiger partial charge in [0, 0.05) is 10.6 Å². The number of benzene rings is 1. The van der Waals surface area contributed by atoms with Crippen molar-refractivity contribution >= 4 is 23.3 Å². The first-order valence-electron chi connectivity index (χ1n) is 4.06. The molecule has 1 aliphatic rings. The highest BCUT2D eigenvalue weighted by atomic mass is 32.2. The Morgan fingerprint density at radius 2 is 2.31 bits per heavy atom. The fraction of sp³-hybridized carbons (Fsp3) is 0.222. The maximum atomic E-state index is 7.35. The number of thioether (sulfide) groups is 1. The van der Waals surface area contributed by atoms with Crippen LogP contribution in [0.1, 0.15) is 5.56 Å². The summed E-state index contributed by atoms with van der Waals surface area (Å²) in [6.45, 7) is 0. The molecular formula is C9H11N3S. The van der Waals surface area contributed by atoms with Crippen LogP contribution < -0.4 is 11.5 Å². The zero-order valence-corrected chi connectivity index (χ0v) is 7.90. The van der Waals surface area contributed by atoms with Crippen LogP contribution in [-0.2, 0) is 6.42 Å². The van der Waals surface area contributed by atoms with E-state index in [1.807, 2.05) is 18.2 Å². The number of hydrogen-bond acceptors (Lipinski definition) is 3. The minimum atomic E-state index is 0.0831. The van der Waals surface area contributed by atoms with Gasteiger partial charge in [-0.2, -0.15) is 0 Å². The molecule has 0 radical (unpaired) electrons. The number of nitrogen functional groups attached to an aromatic ring is 1. The van der Waals surface area contributed by atoms with Gasteiger partial charge in [-0.1, -0.05) is 6.07 Å². The van der Waals surface area contributed by atoms with Crippen LogP contribution in [0, 0.1) is 5.41 Å². The molecule has 4 heteroatoms. The fourth-order valence-electron chi connectivity index (χ4n) is 1.47. The molecule has 68 valence electrons. The van der Waals surface area contributed by atoms with Crippen molar-refractivity contribution in [3.05, 3.63) is 23.8 Å². The second-order valence-corrected chi connectivity index (χ2v) is 4.33. The third-order valence-electron chi connectivity index (χ3n) is 2.17. The normalized spacial score (nSPS) is 19.8. The van der Waals surface area contributed by atoms with E-state index in [0.717, 1.165) is 17.7 Å². The van der Waals surface area contributed by atoms with Crippen LogP contribution in [0.3, 0.4) is 0 Å². The maximum absolute atomic E-state index is 7.35. The molecule has 1 aromatic carbocycles. The molecule has 0 aromatic heterocycles. The van der Waals surface area contributed by atoms with E-state index in [0.29, 0.717) is 0 Å². The first kappa shape index (κ1) is 8.44. The summed E-state index contributed by atoms with van der Waals surface area (Å²) in [5, 5.41) is 7.44. The van der Waals surface area contributed by atoms with Crippen molar-refractivity contribution in [3.8, 4) is 0 Å². The molecule has 0 saturated heterocycles.